The van der Waals surface area contributed by atoms with Crippen molar-refractivity contribution in [2.75, 3.05) is 13.1 Å². The predicted octanol–water partition coefficient (Wildman–Crippen LogP) is 2.15. The average molecular weight is 398 g/mol. The summed E-state index contributed by atoms with van der Waals surface area (Å²) in [6.45, 7) is 0.616. The minimum Gasteiger partial charge on any atom is -0.481 e. The molecule has 3 atom stereocenters. The van der Waals surface area contributed by atoms with Crippen molar-refractivity contribution >= 4 is 23.7 Å². The normalized spacial score (nSPS) is 27.1. The van der Waals surface area contributed by atoms with E-state index in [-0.39, 0.29) is 37.1 Å². The van der Waals surface area contributed by atoms with Crippen LogP contribution in [0.2, 0.25) is 0 Å². The first-order chi connectivity index (χ1) is 14.0. The van der Waals surface area contributed by atoms with Crippen molar-refractivity contribution in [2.24, 2.45) is 11.8 Å². The number of carbonyl (C=O) groups excluding carboxylic acids is 3. The summed E-state index contributed by atoms with van der Waals surface area (Å²) in [5.74, 6) is -2.68. The number of aliphatic carboxylic acids is 1. The lowest BCUT2D eigenvalue weighted by molar-refractivity contribution is -0.154. The third-order valence-electron chi connectivity index (χ3n) is 6.61. The quantitative estimate of drug-likeness (QED) is 0.784. The number of hydrogen-bond donors (Lipinski definition) is 1. The van der Waals surface area contributed by atoms with Gasteiger partial charge in [0.05, 0.1) is 24.4 Å². The van der Waals surface area contributed by atoms with Crippen molar-refractivity contribution in [3.63, 3.8) is 0 Å². The molecular formula is C22H26N2O5. The van der Waals surface area contributed by atoms with Crippen molar-refractivity contribution in [2.45, 2.75) is 51.0 Å². The number of rotatable bonds is 4. The maximum Gasteiger partial charge on any atom is 0.307 e. The van der Waals surface area contributed by atoms with Gasteiger partial charge in [-0.2, -0.15) is 0 Å². The first-order valence-corrected chi connectivity index (χ1v) is 10.4. The van der Waals surface area contributed by atoms with E-state index in [2.05, 4.69) is 0 Å². The van der Waals surface area contributed by atoms with E-state index in [1.165, 1.54) is 4.90 Å². The molecule has 0 unspecified atom stereocenters. The van der Waals surface area contributed by atoms with E-state index < -0.39 is 23.8 Å². The molecule has 1 aromatic rings. The van der Waals surface area contributed by atoms with Gasteiger partial charge in [-0.15, -0.1) is 0 Å². The second-order valence-corrected chi connectivity index (χ2v) is 8.23. The highest BCUT2D eigenvalue weighted by Crippen LogP contribution is 2.37. The first kappa shape index (κ1) is 19.6. The summed E-state index contributed by atoms with van der Waals surface area (Å²) in [6.07, 6.45) is 3.87. The molecule has 29 heavy (non-hydrogen) atoms. The molecule has 0 bridgehead atoms. The summed E-state index contributed by atoms with van der Waals surface area (Å²) in [4.78, 5) is 52.7. The van der Waals surface area contributed by atoms with Gasteiger partial charge in [-0.3, -0.25) is 24.1 Å². The highest BCUT2D eigenvalue weighted by atomic mass is 16.4. The fourth-order valence-corrected chi connectivity index (χ4v) is 5.05. The number of imide groups is 1. The number of likely N-dealkylation sites (tertiary alicyclic amines) is 1. The molecule has 1 saturated carbocycles. The molecule has 2 aliphatic heterocycles. The van der Waals surface area contributed by atoms with Crippen LogP contribution in [0.15, 0.2) is 24.3 Å². The number of carboxylic acids is 1. The van der Waals surface area contributed by atoms with E-state index in [9.17, 15) is 24.3 Å². The van der Waals surface area contributed by atoms with Gasteiger partial charge in [0.1, 0.15) is 0 Å². The van der Waals surface area contributed by atoms with E-state index in [0.29, 0.717) is 25.8 Å². The molecule has 1 N–H and O–H groups in total. The monoisotopic (exact) mass is 398 g/mol. The lowest BCUT2D eigenvalue weighted by atomic mass is 9.77. The molecule has 2 heterocycles. The maximum atomic E-state index is 13.5. The van der Waals surface area contributed by atoms with Gasteiger partial charge in [0.15, 0.2) is 0 Å². The Balaban J connectivity index is 1.65. The molecule has 7 nitrogen and oxygen atoms in total. The number of hydrogen-bond acceptors (Lipinski definition) is 4. The zero-order chi connectivity index (χ0) is 20.5. The maximum absolute atomic E-state index is 13.5. The van der Waals surface area contributed by atoms with Gasteiger partial charge in [0.25, 0.3) is 0 Å². The number of carbonyl (C=O) groups is 4. The average Bonchev–Trinajstić information content (AvgIpc) is 3.05. The van der Waals surface area contributed by atoms with Crippen LogP contribution in [0.5, 0.6) is 0 Å². The summed E-state index contributed by atoms with van der Waals surface area (Å²) < 4.78 is 0. The molecule has 0 aromatic heterocycles. The summed E-state index contributed by atoms with van der Waals surface area (Å²) in [6, 6.07) is 7.38. The second-order valence-electron chi connectivity index (χ2n) is 8.23. The van der Waals surface area contributed by atoms with Crippen LogP contribution in [-0.4, -0.2) is 51.7 Å². The molecule has 1 saturated heterocycles. The van der Waals surface area contributed by atoms with Gasteiger partial charge in [-0.1, -0.05) is 37.1 Å². The summed E-state index contributed by atoms with van der Waals surface area (Å²) in [7, 11) is 0. The van der Waals surface area contributed by atoms with Crippen molar-refractivity contribution in [3.8, 4) is 0 Å². The molecule has 0 radical (unpaired) electrons. The predicted molar refractivity (Wildman–Crippen MR) is 104 cm³/mol. The molecule has 4 rings (SSSR count). The van der Waals surface area contributed by atoms with Crippen molar-refractivity contribution in [1.82, 2.24) is 9.80 Å². The Bertz CT molecular complexity index is 835. The van der Waals surface area contributed by atoms with Crippen LogP contribution < -0.4 is 0 Å². The third kappa shape index (κ3) is 3.66. The Labute approximate surface area is 169 Å². The summed E-state index contributed by atoms with van der Waals surface area (Å²) >= 11 is 0. The fraction of sp³-hybridized carbons (Fsp3) is 0.545. The van der Waals surface area contributed by atoms with Gasteiger partial charge < -0.3 is 10.0 Å². The Morgan fingerprint density at radius 2 is 1.62 bits per heavy atom. The number of fused-ring (bicyclic) bond motifs is 1. The zero-order valence-corrected chi connectivity index (χ0v) is 16.4. The van der Waals surface area contributed by atoms with E-state index in [1.54, 1.807) is 4.90 Å². The smallest absolute Gasteiger partial charge is 0.307 e. The highest BCUT2D eigenvalue weighted by molar-refractivity contribution is 6.02. The molecule has 1 aliphatic carbocycles. The van der Waals surface area contributed by atoms with Crippen LogP contribution in [0.1, 0.15) is 55.7 Å². The Hall–Kier alpha value is -2.70. The first-order valence-electron chi connectivity index (χ1n) is 10.4. The van der Waals surface area contributed by atoms with Gasteiger partial charge in [-0.25, -0.2) is 0 Å². The summed E-state index contributed by atoms with van der Waals surface area (Å²) in [5.41, 5.74) is 2.06. The molecule has 0 spiro atoms. The number of amides is 3. The SMILES string of the molecule is O=C(O)[C@H]1CCCC[C@H]1C(=O)N1CCc2ccccc2[C@H]1CN1C(=O)CCC1=O. The van der Waals surface area contributed by atoms with Crippen LogP contribution in [-0.2, 0) is 25.6 Å². The van der Waals surface area contributed by atoms with E-state index in [4.69, 9.17) is 0 Å². The largest absolute Gasteiger partial charge is 0.481 e. The molecule has 7 heteroatoms. The molecule has 154 valence electrons. The fourth-order valence-electron chi connectivity index (χ4n) is 5.05. The standard InChI is InChI=1S/C22H26N2O5/c25-19-9-10-20(26)24(19)13-18-15-6-2-1-5-14(15)11-12-23(18)21(27)16-7-3-4-8-17(16)22(28)29/h1-2,5-6,16-18H,3-4,7-13H2,(H,28,29)/t16-,17+,18-/m1/s1. The van der Waals surface area contributed by atoms with Crippen molar-refractivity contribution in [1.29, 1.82) is 0 Å². The molecule has 1 aromatic carbocycles. The Morgan fingerprint density at radius 3 is 2.31 bits per heavy atom. The van der Waals surface area contributed by atoms with E-state index in [0.717, 1.165) is 24.0 Å². The minimum absolute atomic E-state index is 0.144. The number of carboxylic acid groups (broad SMARTS) is 1. The van der Waals surface area contributed by atoms with Crippen molar-refractivity contribution in [3.05, 3.63) is 35.4 Å². The zero-order valence-electron chi connectivity index (χ0n) is 16.4. The van der Waals surface area contributed by atoms with Gasteiger partial charge in [-0.05, 0) is 30.4 Å². The minimum atomic E-state index is -0.915. The highest BCUT2D eigenvalue weighted by Gasteiger charge is 2.43. The van der Waals surface area contributed by atoms with E-state index >= 15 is 0 Å². The van der Waals surface area contributed by atoms with Crippen LogP contribution in [0.25, 0.3) is 0 Å². The lowest BCUT2D eigenvalue weighted by Crippen LogP contribution is -2.50. The molecule has 2 fully saturated rings. The van der Waals surface area contributed by atoms with Gasteiger partial charge in [0, 0.05) is 19.4 Å². The summed E-state index contributed by atoms with van der Waals surface area (Å²) in [5, 5.41) is 9.61. The molecular weight excluding hydrogens is 372 g/mol. The number of benzene rings is 1. The lowest BCUT2D eigenvalue weighted by Gasteiger charge is -2.42. The molecule has 3 amide bonds. The Kier molecular flexibility index (Phi) is 5.39. The van der Waals surface area contributed by atoms with Crippen LogP contribution >= 0.6 is 0 Å². The molecule has 3 aliphatic rings. The van der Waals surface area contributed by atoms with Crippen LogP contribution in [0, 0.1) is 11.8 Å². The number of nitrogens with zero attached hydrogens (tertiary/aromatic N) is 2. The Morgan fingerprint density at radius 1 is 0.966 bits per heavy atom. The van der Waals surface area contributed by atoms with Crippen LogP contribution in [0.4, 0.5) is 0 Å². The topological polar surface area (TPSA) is 95.0 Å². The van der Waals surface area contributed by atoms with Gasteiger partial charge >= 0.3 is 5.97 Å². The van der Waals surface area contributed by atoms with E-state index in [1.807, 2.05) is 24.3 Å². The second kappa shape index (κ2) is 7.97. The van der Waals surface area contributed by atoms with Gasteiger partial charge in [0.2, 0.25) is 17.7 Å². The third-order valence-corrected chi connectivity index (χ3v) is 6.61. The van der Waals surface area contributed by atoms with Crippen LogP contribution in [0.3, 0.4) is 0 Å². The van der Waals surface area contributed by atoms with Crippen molar-refractivity contribution < 1.29 is 24.3 Å².